The Hall–Kier alpha value is -1.88. The lowest BCUT2D eigenvalue weighted by Crippen LogP contribution is -2.31. The van der Waals surface area contributed by atoms with E-state index in [2.05, 4.69) is 24.1 Å². The molecule has 2 N–H and O–H groups in total. The average molecular weight is 290 g/mol. The molecule has 106 valence electrons. The Morgan fingerprint density at radius 2 is 2.10 bits per heavy atom. The van der Waals surface area contributed by atoms with Crippen molar-refractivity contribution in [2.75, 3.05) is 0 Å². The van der Waals surface area contributed by atoms with Gasteiger partial charge >= 0.3 is 0 Å². The zero-order valence-corrected chi connectivity index (χ0v) is 12.6. The van der Waals surface area contributed by atoms with E-state index in [0.29, 0.717) is 17.2 Å². The number of Topliss-reactive ketones (excluding diaryl/α,β-unsaturated/α-hetero) is 1. The molecule has 5 heteroatoms. The zero-order valence-electron chi connectivity index (χ0n) is 11.8. The van der Waals surface area contributed by atoms with Gasteiger partial charge < -0.3 is 10.3 Å². The van der Waals surface area contributed by atoms with Gasteiger partial charge in [0.1, 0.15) is 5.69 Å². The standard InChI is InChI=1S/C15H18N2O2S/c1-9(2)14(13-5-4-6-20-13)17-15(19)12-7-11(8-16-12)10(3)18/h4-9,14,16H,1-3H3,(H,17,19)/t14-/m1/s1. The van der Waals surface area contributed by atoms with E-state index < -0.39 is 0 Å². The zero-order chi connectivity index (χ0) is 14.7. The third-order valence-corrected chi connectivity index (χ3v) is 4.09. The minimum atomic E-state index is -0.190. The molecule has 0 unspecified atom stereocenters. The molecule has 2 aromatic rings. The second kappa shape index (κ2) is 6.05. The molecule has 0 bridgehead atoms. The lowest BCUT2D eigenvalue weighted by Gasteiger charge is -2.20. The van der Waals surface area contributed by atoms with E-state index in [9.17, 15) is 9.59 Å². The molecule has 2 aromatic heterocycles. The molecule has 1 amide bonds. The van der Waals surface area contributed by atoms with Gasteiger partial charge in [-0.15, -0.1) is 11.3 Å². The highest BCUT2D eigenvalue weighted by molar-refractivity contribution is 7.10. The lowest BCUT2D eigenvalue weighted by atomic mass is 10.0. The number of aromatic nitrogens is 1. The maximum absolute atomic E-state index is 12.2. The second-order valence-corrected chi connectivity index (χ2v) is 6.05. The molecule has 2 rings (SSSR count). The molecule has 0 aromatic carbocycles. The number of nitrogens with one attached hydrogen (secondary N) is 2. The Bertz CT molecular complexity index is 599. The number of carbonyl (C=O) groups excluding carboxylic acids is 2. The fourth-order valence-corrected chi connectivity index (χ4v) is 2.93. The van der Waals surface area contributed by atoms with Crippen molar-refractivity contribution >= 4 is 23.0 Å². The van der Waals surface area contributed by atoms with Crippen LogP contribution < -0.4 is 5.32 Å². The third-order valence-electron chi connectivity index (χ3n) is 3.14. The Kier molecular flexibility index (Phi) is 4.39. The van der Waals surface area contributed by atoms with E-state index >= 15 is 0 Å². The summed E-state index contributed by atoms with van der Waals surface area (Å²) in [6.45, 7) is 5.62. The summed E-state index contributed by atoms with van der Waals surface area (Å²) in [7, 11) is 0. The number of amides is 1. The molecule has 0 radical (unpaired) electrons. The second-order valence-electron chi connectivity index (χ2n) is 5.07. The quantitative estimate of drug-likeness (QED) is 0.829. The first-order valence-electron chi connectivity index (χ1n) is 6.52. The summed E-state index contributed by atoms with van der Waals surface area (Å²) in [5.41, 5.74) is 0.935. The van der Waals surface area contributed by atoms with Crippen LogP contribution in [0.2, 0.25) is 0 Å². The number of H-pyrrole nitrogens is 1. The number of hydrogen-bond acceptors (Lipinski definition) is 3. The number of hydrogen-bond donors (Lipinski definition) is 2. The Morgan fingerprint density at radius 3 is 2.60 bits per heavy atom. The summed E-state index contributed by atoms with van der Waals surface area (Å²) in [6.07, 6.45) is 1.56. The van der Waals surface area contributed by atoms with Crippen molar-refractivity contribution in [1.29, 1.82) is 0 Å². The highest BCUT2D eigenvalue weighted by Gasteiger charge is 2.21. The molecule has 1 atom stereocenters. The van der Waals surface area contributed by atoms with Crippen LogP contribution in [0.25, 0.3) is 0 Å². The molecule has 0 spiro atoms. The van der Waals surface area contributed by atoms with Crippen LogP contribution in [-0.2, 0) is 0 Å². The molecule has 2 heterocycles. The lowest BCUT2D eigenvalue weighted by molar-refractivity contribution is 0.0922. The summed E-state index contributed by atoms with van der Waals surface area (Å²) < 4.78 is 0. The van der Waals surface area contributed by atoms with Gasteiger partial charge in [0.25, 0.3) is 5.91 Å². The van der Waals surface area contributed by atoms with Gasteiger partial charge in [0.05, 0.1) is 6.04 Å². The highest BCUT2D eigenvalue weighted by atomic mass is 32.1. The predicted molar refractivity (Wildman–Crippen MR) is 80.2 cm³/mol. The van der Waals surface area contributed by atoms with Crippen LogP contribution in [0.4, 0.5) is 0 Å². The van der Waals surface area contributed by atoms with Crippen LogP contribution in [0.15, 0.2) is 29.8 Å². The molecule has 0 aliphatic carbocycles. The molecule has 0 saturated heterocycles. The van der Waals surface area contributed by atoms with Gasteiger partial charge in [0.2, 0.25) is 0 Å². The number of ketones is 1. The van der Waals surface area contributed by atoms with Crippen LogP contribution in [0.3, 0.4) is 0 Å². The summed E-state index contributed by atoms with van der Waals surface area (Å²) in [5, 5.41) is 5.02. The van der Waals surface area contributed by atoms with E-state index in [1.165, 1.54) is 6.92 Å². The van der Waals surface area contributed by atoms with Gasteiger partial charge in [-0.25, -0.2) is 0 Å². The molecule has 20 heavy (non-hydrogen) atoms. The van der Waals surface area contributed by atoms with E-state index in [1.54, 1.807) is 23.6 Å². The van der Waals surface area contributed by atoms with Crippen molar-refractivity contribution in [2.24, 2.45) is 5.92 Å². The number of aromatic amines is 1. The molecular weight excluding hydrogens is 272 g/mol. The van der Waals surface area contributed by atoms with Crippen LogP contribution in [0.1, 0.15) is 52.5 Å². The van der Waals surface area contributed by atoms with Crippen molar-refractivity contribution < 1.29 is 9.59 Å². The van der Waals surface area contributed by atoms with Crippen LogP contribution >= 0.6 is 11.3 Å². The van der Waals surface area contributed by atoms with Crippen molar-refractivity contribution in [2.45, 2.75) is 26.8 Å². The SMILES string of the molecule is CC(=O)c1c[nH]c(C(=O)N[C@@H](c2cccs2)C(C)C)c1. The maximum Gasteiger partial charge on any atom is 0.268 e. The van der Waals surface area contributed by atoms with E-state index in [1.807, 2.05) is 17.5 Å². The van der Waals surface area contributed by atoms with Gasteiger partial charge in [0.15, 0.2) is 5.78 Å². The van der Waals surface area contributed by atoms with Crippen molar-refractivity contribution in [3.63, 3.8) is 0 Å². The Labute approximate surface area is 122 Å². The van der Waals surface area contributed by atoms with Crippen molar-refractivity contribution in [3.8, 4) is 0 Å². The Morgan fingerprint density at radius 1 is 1.35 bits per heavy atom. The van der Waals surface area contributed by atoms with Crippen LogP contribution in [0.5, 0.6) is 0 Å². The fourth-order valence-electron chi connectivity index (χ4n) is 1.98. The predicted octanol–water partition coefficient (Wildman–Crippen LogP) is 3.41. The van der Waals surface area contributed by atoms with Gasteiger partial charge in [-0.1, -0.05) is 19.9 Å². The normalized spacial score (nSPS) is 12.4. The largest absolute Gasteiger partial charge is 0.356 e. The average Bonchev–Trinajstić information content (AvgIpc) is 3.05. The molecule has 0 fully saturated rings. The van der Waals surface area contributed by atoms with E-state index in [0.717, 1.165) is 4.88 Å². The summed E-state index contributed by atoms with van der Waals surface area (Å²) in [6, 6.07) is 5.56. The molecular formula is C15H18N2O2S. The third kappa shape index (κ3) is 3.17. The van der Waals surface area contributed by atoms with Gasteiger partial charge in [-0.05, 0) is 30.4 Å². The van der Waals surface area contributed by atoms with Crippen LogP contribution in [0, 0.1) is 5.92 Å². The maximum atomic E-state index is 12.2. The number of carbonyl (C=O) groups is 2. The van der Waals surface area contributed by atoms with Crippen molar-refractivity contribution in [3.05, 3.63) is 45.9 Å². The van der Waals surface area contributed by atoms with Gasteiger partial charge in [0, 0.05) is 16.6 Å². The first-order chi connectivity index (χ1) is 9.49. The Balaban J connectivity index is 2.14. The smallest absolute Gasteiger partial charge is 0.268 e. The highest BCUT2D eigenvalue weighted by Crippen LogP contribution is 2.26. The summed E-state index contributed by atoms with van der Waals surface area (Å²) >= 11 is 1.63. The molecule has 0 aliphatic heterocycles. The summed E-state index contributed by atoms with van der Waals surface area (Å²) in [5.74, 6) is 0.0448. The van der Waals surface area contributed by atoms with Crippen molar-refractivity contribution in [1.82, 2.24) is 10.3 Å². The topological polar surface area (TPSA) is 62.0 Å². The van der Waals surface area contributed by atoms with Gasteiger partial charge in [-0.3, -0.25) is 9.59 Å². The first kappa shape index (κ1) is 14.5. The number of thiophene rings is 1. The van der Waals surface area contributed by atoms with Gasteiger partial charge in [-0.2, -0.15) is 0 Å². The van der Waals surface area contributed by atoms with E-state index in [-0.39, 0.29) is 17.7 Å². The van der Waals surface area contributed by atoms with Crippen LogP contribution in [-0.4, -0.2) is 16.7 Å². The minimum Gasteiger partial charge on any atom is -0.356 e. The summed E-state index contributed by atoms with van der Waals surface area (Å²) in [4.78, 5) is 27.5. The van der Waals surface area contributed by atoms with E-state index in [4.69, 9.17) is 0 Å². The molecule has 0 saturated carbocycles. The fraction of sp³-hybridized carbons (Fsp3) is 0.333. The number of rotatable bonds is 5. The monoisotopic (exact) mass is 290 g/mol. The molecule has 4 nitrogen and oxygen atoms in total. The minimum absolute atomic E-state index is 0.0217. The first-order valence-corrected chi connectivity index (χ1v) is 7.40. The molecule has 0 aliphatic rings.